The summed E-state index contributed by atoms with van der Waals surface area (Å²) in [6, 6.07) is 0.421. The Labute approximate surface area is 73.5 Å². The molecular formula is C9H17NO2. The first-order chi connectivity index (χ1) is 5.86. The molecule has 3 heteroatoms. The average molecular weight is 171 g/mol. The molecule has 0 aromatic carbocycles. The highest BCUT2D eigenvalue weighted by Crippen LogP contribution is 2.27. The molecule has 0 bridgehead atoms. The molecule has 70 valence electrons. The van der Waals surface area contributed by atoms with Crippen molar-refractivity contribution in [2.24, 2.45) is 5.92 Å². The molecular weight excluding hydrogens is 154 g/mol. The van der Waals surface area contributed by atoms with Gasteiger partial charge in [-0.1, -0.05) is 0 Å². The largest absolute Gasteiger partial charge is 0.385 e. The number of nitrogens with one attached hydrogen (secondary N) is 1. The number of ether oxygens (including phenoxy) is 1. The zero-order valence-corrected chi connectivity index (χ0v) is 7.58. The maximum atomic E-state index is 10.1. The molecule has 1 unspecified atom stereocenters. The fraction of sp³-hybridized carbons (Fsp3) is 0.889. The van der Waals surface area contributed by atoms with Gasteiger partial charge in [0.1, 0.15) is 0 Å². The maximum Gasteiger partial charge on any atom is 0.207 e. The van der Waals surface area contributed by atoms with Crippen molar-refractivity contribution in [3.63, 3.8) is 0 Å². The highest BCUT2D eigenvalue weighted by atomic mass is 16.5. The standard InChI is InChI=1S/C9H17NO2/c1-12-5-4-8-2-3-9(6-8)10-7-11/h7-9H,2-6H2,1H3,(H,10,11)/t8?,9-/m0/s1. The Morgan fingerprint density at radius 1 is 1.58 bits per heavy atom. The number of amides is 1. The Morgan fingerprint density at radius 3 is 3.08 bits per heavy atom. The molecule has 1 aliphatic rings. The van der Waals surface area contributed by atoms with Crippen molar-refractivity contribution >= 4 is 6.41 Å². The van der Waals surface area contributed by atoms with Gasteiger partial charge in [-0.25, -0.2) is 0 Å². The molecule has 0 spiro atoms. The second-order valence-corrected chi connectivity index (χ2v) is 3.44. The second-order valence-electron chi connectivity index (χ2n) is 3.44. The summed E-state index contributed by atoms with van der Waals surface area (Å²) in [5.74, 6) is 0.752. The van der Waals surface area contributed by atoms with Crippen molar-refractivity contribution in [3.8, 4) is 0 Å². The number of methoxy groups -OCH3 is 1. The molecule has 3 nitrogen and oxygen atoms in total. The van der Waals surface area contributed by atoms with Crippen LogP contribution in [0.4, 0.5) is 0 Å². The third kappa shape index (κ3) is 2.81. The zero-order valence-electron chi connectivity index (χ0n) is 7.58. The van der Waals surface area contributed by atoms with Gasteiger partial charge in [-0.15, -0.1) is 0 Å². The lowest BCUT2D eigenvalue weighted by Crippen LogP contribution is -2.24. The third-order valence-corrected chi connectivity index (χ3v) is 2.58. The van der Waals surface area contributed by atoms with Gasteiger partial charge >= 0.3 is 0 Å². The summed E-state index contributed by atoms with van der Waals surface area (Å²) in [4.78, 5) is 10.1. The molecule has 0 radical (unpaired) electrons. The van der Waals surface area contributed by atoms with Gasteiger partial charge in [0.05, 0.1) is 0 Å². The minimum Gasteiger partial charge on any atom is -0.385 e. The lowest BCUT2D eigenvalue weighted by molar-refractivity contribution is -0.110. The van der Waals surface area contributed by atoms with Gasteiger partial charge in [-0.3, -0.25) is 4.79 Å². The molecule has 0 aromatic rings. The van der Waals surface area contributed by atoms with Crippen LogP contribution < -0.4 is 5.32 Å². The molecule has 2 atom stereocenters. The van der Waals surface area contributed by atoms with E-state index in [2.05, 4.69) is 5.32 Å². The Hall–Kier alpha value is -0.570. The summed E-state index contributed by atoms with van der Waals surface area (Å²) >= 11 is 0. The summed E-state index contributed by atoms with van der Waals surface area (Å²) in [5.41, 5.74) is 0. The van der Waals surface area contributed by atoms with Crippen molar-refractivity contribution in [1.82, 2.24) is 5.32 Å². The minimum atomic E-state index is 0.421. The van der Waals surface area contributed by atoms with Crippen molar-refractivity contribution in [1.29, 1.82) is 0 Å². The first kappa shape index (κ1) is 9.52. The highest BCUT2D eigenvalue weighted by Gasteiger charge is 2.23. The third-order valence-electron chi connectivity index (χ3n) is 2.58. The molecule has 1 amide bonds. The second kappa shape index (κ2) is 5.14. The fourth-order valence-electron chi connectivity index (χ4n) is 1.87. The highest BCUT2D eigenvalue weighted by molar-refractivity contribution is 5.46. The SMILES string of the molecule is COCCC1CC[C@H](NC=O)C1. The normalized spacial score (nSPS) is 28.8. The van der Waals surface area contributed by atoms with Gasteiger partial charge in [-0.2, -0.15) is 0 Å². The van der Waals surface area contributed by atoms with Crippen molar-refractivity contribution in [2.45, 2.75) is 31.7 Å². The van der Waals surface area contributed by atoms with Crippen LogP contribution in [0.5, 0.6) is 0 Å². The Bertz CT molecular complexity index is 138. The van der Waals surface area contributed by atoms with Crippen molar-refractivity contribution < 1.29 is 9.53 Å². The first-order valence-electron chi connectivity index (χ1n) is 4.55. The van der Waals surface area contributed by atoms with E-state index < -0.39 is 0 Å². The Balaban J connectivity index is 2.12. The molecule has 0 aromatic heterocycles. The number of carbonyl (C=O) groups is 1. The van der Waals surface area contributed by atoms with Crippen molar-refractivity contribution in [2.75, 3.05) is 13.7 Å². The van der Waals surface area contributed by atoms with Gasteiger partial charge in [0.25, 0.3) is 0 Å². The maximum absolute atomic E-state index is 10.1. The van der Waals surface area contributed by atoms with Crippen LogP contribution in [0.25, 0.3) is 0 Å². The van der Waals surface area contributed by atoms with E-state index in [9.17, 15) is 4.79 Å². The van der Waals surface area contributed by atoms with E-state index in [-0.39, 0.29) is 0 Å². The van der Waals surface area contributed by atoms with E-state index in [0.717, 1.165) is 38.2 Å². The number of carbonyl (C=O) groups excluding carboxylic acids is 1. The monoisotopic (exact) mass is 171 g/mol. The summed E-state index contributed by atoms with van der Waals surface area (Å²) < 4.78 is 5.01. The summed E-state index contributed by atoms with van der Waals surface area (Å²) in [6.45, 7) is 0.846. The van der Waals surface area contributed by atoms with E-state index in [1.54, 1.807) is 7.11 Å². The van der Waals surface area contributed by atoms with Crippen LogP contribution in [0, 0.1) is 5.92 Å². The van der Waals surface area contributed by atoms with Gasteiger partial charge < -0.3 is 10.1 Å². The molecule has 1 fully saturated rings. The smallest absolute Gasteiger partial charge is 0.207 e. The van der Waals surface area contributed by atoms with Crippen LogP contribution in [0.15, 0.2) is 0 Å². The predicted octanol–water partition coefficient (Wildman–Crippen LogP) is 0.938. The van der Waals surface area contributed by atoms with Crippen LogP contribution in [0.1, 0.15) is 25.7 Å². The van der Waals surface area contributed by atoms with Crippen LogP contribution in [-0.4, -0.2) is 26.2 Å². The van der Waals surface area contributed by atoms with Crippen LogP contribution in [0.3, 0.4) is 0 Å². The lowest BCUT2D eigenvalue weighted by Gasteiger charge is -2.09. The van der Waals surface area contributed by atoms with E-state index in [1.165, 1.54) is 6.42 Å². The summed E-state index contributed by atoms with van der Waals surface area (Å²) in [7, 11) is 1.73. The Morgan fingerprint density at radius 2 is 2.42 bits per heavy atom. The molecule has 12 heavy (non-hydrogen) atoms. The number of hydrogen-bond acceptors (Lipinski definition) is 2. The van der Waals surface area contributed by atoms with E-state index in [1.807, 2.05) is 0 Å². The van der Waals surface area contributed by atoms with Gasteiger partial charge in [-0.05, 0) is 31.6 Å². The topological polar surface area (TPSA) is 38.3 Å². The number of rotatable bonds is 5. The zero-order chi connectivity index (χ0) is 8.81. The van der Waals surface area contributed by atoms with E-state index >= 15 is 0 Å². The van der Waals surface area contributed by atoms with Crippen LogP contribution >= 0.6 is 0 Å². The quantitative estimate of drug-likeness (QED) is 0.625. The summed E-state index contributed by atoms with van der Waals surface area (Å²) in [5, 5.41) is 2.83. The molecule has 0 aliphatic heterocycles. The lowest BCUT2D eigenvalue weighted by atomic mass is 10.0. The van der Waals surface area contributed by atoms with Gasteiger partial charge in [0, 0.05) is 19.8 Å². The molecule has 1 N–H and O–H groups in total. The van der Waals surface area contributed by atoms with E-state index in [4.69, 9.17) is 4.74 Å². The minimum absolute atomic E-state index is 0.421. The molecule has 1 aliphatic carbocycles. The van der Waals surface area contributed by atoms with Crippen LogP contribution in [-0.2, 0) is 9.53 Å². The van der Waals surface area contributed by atoms with Gasteiger partial charge in [0.2, 0.25) is 6.41 Å². The molecule has 1 rings (SSSR count). The van der Waals surface area contributed by atoms with Gasteiger partial charge in [0.15, 0.2) is 0 Å². The molecule has 1 saturated carbocycles. The fourth-order valence-corrected chi connectivity index (χ4v) is 1.87. The molecule has 0 heterocycles. The average Bonchev–Trinajstić information content (AvgIpc) is 2.50. The van der Waals surface area contributed by atoms with Crippen LogP contribution in [0.2, 0.25) is 0 Å². The van der Waals surface area contributed by atoms with Crippen molar-refractivity contribution in [3.05, 3.63) is 0 Å². The summed E-state index contributed by atoms with van der Waals surface area (Å²) in [6.07, 6.45) is 5.43. The number of hydrogen-bond donors (Lipinski definition) is 1. The predicted molar refractivity (Wildman–Crippen MR) is 46.8 cm³/mol. The van der Waals surface area contributed by atoms with E-state index in [0.29, 0.717) is 6.04 Å². The molecule has 0 saturated heterocycles. The Kier molecular flexibility index (Phi) is 4.08. The first-order valence-corrected chi connectivity index (χ1v) is 4.55.